The molecule has 0 amide bonds. The summed E-state index contributed by atoms with van der Waals surface area (Å²) < 4.78 is 0. The van der Waals surface area contributed by atoms with Gasteiger partial charge < -0.3 is 9.80 Å². The SMILES string of the molecule is C=Cc1c(CCN(c2ccccc2)c2ccccc2)c(-c2ccc3ccccc3c2)c2cc(N(c3ccccc3)c3ccccc3)ccc2c1-c1ccc2ccccc2c1.CC. The summed E-state index contributed by atoms with van der Waals surface area (Å²) in [5.41, 5.74) is 12.9. The number of anilines is 5. The molecular formula is C60H50N2. The smallest absolute Gasteiger partial charge is 0.0468 e. The number of hydrogen-bond acceptors (Lipinski definition) is 2. The molecule has 62 heavy (non-hydrogen) atoms. The summed E-state index contributed by atoms with van der Waals surface area (Å²) in [4.78, 5) is 4.81. The second kappa shape index (κ2) is 18.3. The topological polar surface area (TPSA) is 6.48 Å². The number of hydrogen-bond donors (Lipinski definition) is 0. The van der Waals surface area contributed by atoms with Crippen molar-refractivity contribution in [3.05, 3.63) is 242 Å². The molecule has 0 saturated carbocycles. The van der Waals surface area contributed by atoms with Gasteiger partial charge in [-0.15, -0.1) is 0 Å². The first-order valence-corrected chi connectivity index (χ1v) is 21.7. The molecule has 0 heterocycles. The maximum Gasteiger partial charge on any atom is 0.0468 e. The molecule has 0 unspecified atom stereocenters. The maximum atomic E-state index is 4.58. The van der Waals surface area contributed by atoms with Crippen LogP contribution in [0.5, 0.6) is 0 Å². The molecule has 0 spiro atoms. The molecule has 2 heteroatoms. The van der Waals surface area contributed by atoms with Gasteiger partial charge in [0.05, 0.1) is 0 Å². The molecule has 10 aromatic rings. The van der Waals surface area contributed by atoms with E-state index in [2.05, 4.69) is 247 Å². The highest BCUT2D eigenvalue weighted by molar-refractivity contribution is 6.12. The summed E-state index contributed by atoms with van der Waals surface area (Å²) in [7, 11) is 0. The van der Waals surface area contributed by atoms with Crippen LogP contribution in [0, 0.1) is 0 Å². The maximum absolute atomic E-state index is 4.58. The third kappa shape index (κ3) is 7.87. The highest BCUT2D eigenvalue weighted by Crippen LogP contribution is 2.47. The van der Waals surface area contributed by atoms with Crippen LogP contribution in [0.2, 0.25) is 0 Å². The Morgan fingerprint density at radius 3 is 1.31 bits per heavy atom. The van der Waals surface area contributed by atoms with Gasteiger partial charge in [-0.25, -0.2) is 0 Å². The number of benzene rings is 10. The molecule has 0 aliphatic rings. The molecule has 0 atom stereocenters. The van der Waals surface area contributed by atoms with E-state index in [1.807, 2.05) is 13.8 Å². The van der Waals surface area contributed by atoms with Crippen molar-refractivity contribution in [1.82, 2.24) is 0 Å². The number of para-hydroxylation sites is 4. The van der Waals surface area contributed by atoms with Crippen LogP contribution in [0.15, 0.2) is 231 Å². The van der Waals surface area contributed by atoms with Gasteiger partial charge in [0.25, 0.3) is 0 Å². The van der Waals surface area contributed by atoms with Crippen molar-refractivity contribution >= 4 is 66.8 Å². The lowest BCUT2D eigenvalue weighted by molar-refractivity contribution is 0.915. The van der Waals surface area contributed by atoms with E-state index in [4.69, 9.17) is 0 Å². The molecule has 0 N–H and O–H groups in total. The van der Waals surface area contributed by atoms with E-state index >= 15 is 0 Å². The Kier molecular flexibility index (Phi) is 11.7. The van der Waals surface area contributed by atoms with Gasteiger partial charge in [0, 0.05) is 35.0 Å². The lowest BCUT2D eigenvalue weighted by Crippen LogP contribution is -2.21. The first-order chi connectivity index (χ1) is 30.7. The predicted molar refractivity (Wildman–Crippen MR) is 270 cm³/mol. The second-order valence-electron chi connectivity index (χ2n) is 15.3. The Hall–Kier alpha value is -7.68. The highest BCUT2D eigenvalue weighted by Gasteiger charge is 2.24. The van der Waals surface area contributed by atoms with Crippen molar-refractivity contribution in [2.24, 2.45) is 0 Å². The fraction of sp³-hybridized carbons (Fsp3) is 0.0667. The quantitative estimate of drug-likeness (QED) is 0.129. The van der Waals surface area contributed by atoms with E-state index < -0.39 is 0 Å². The van der Waals surface area contributed by atoms with Crippen molar-refractivity contribution in [1.29, 1.82) is 0 Å². The van der Waals surface area contributed by atoms with Gasteiger partial charge in [-0.1, -0.05) is 178 Å². The zero-order chi connectivity index (χ0) is 42.3. The summed E-state index contributed by atoms with van der Waals surface area (Å²) in [5, 5.41) is 7.28. The van der Waals surface area contributed by atoms with E-state index in [0.717, 1.165) is 47.0 Å². The summed E-state index contributed by atoms with van der Waals surface area (Å²) in [6, 6.07) is 81.1. The molecular weight excluding hydrogens is 749 g/mol. The van der Waals surface area contributed by atoms with Gasteiger partial charge in [0.2, 0.25) is 0 Å². The van der Waals surface area contributed by atoms with Gasteiger partial charge in [0.1, 0.15) is 0 Å². The van der Waals surface area contributed by atoms with Gasteiger partial charge in [0.15, 0.2) is 0 Å². The van der Waals surface area contributed by atoms with Gasteiger partial charge in [-0.3, -0.25) is 0 Å². The van der Waals surface area contributed by atoms with E-state index in [-0.39, 0.29) is 0 Å². The third-order valence-corrected chi connectivity index (χ3v) is 11.7. The van der Waals surface area contributed by atoms with Crippen LogP contribution in [-0.2, 0) is 6.42 Å². The highest BCUT2D eigenvalue weighted by atomic mass is 15.1. The molecule has 0 aliphatic carbocycles. The molecule has 0 bridgehead atoms. The Morgan fingerprint density at radius 2 is 0.823 bits per heavy atom. The van der Waals surface area contributed by atoms with E-state index in [9.17, 15) is 0 Å². The van der Waals surface area contributed by atoms with E-state index in [1.54, 1.807) is 0 Å². The minimum Gasteiger partial charge on any atom is -0.341 e. The minimum atomic E-state index is 0.762. The Labute approximate surface area is 366 Å². The fourth-order valence-electron chi connectivity index (χ4n) is 8.95. The average Bonchev–Trinajstić information content (AvgIpc) is 3.35. The Balaban J connectivity index is 0.00000242. The van der Waals surface area contributed by atoms with Crippen molar-refractivity contribution in [3.63, 3.8) is 0 Å². The standard InChI is InChI=1S/C58H44N2.C2H6/c1-2-53-55(37-38-59(48-23-7-3-8-24-48)49-25-9-4-10-26-49)58(47-34-32-43-20-16-18-22-45(43)40-47)56-41-52(60(50-27-11-5-12-28-50)51-29-13-6-14-30-51)35-36-54(56)57(53)46-33-31-42-19-15-17-21-44(42)39-46;1-2/h2-36,39-41H,1,37-38H2;1-2H3. The Morgan fingerprint density at radius 1 is 0.387 bits per heavy atom. The van der Waals surface area contributed by atoms with Gasteiger partial charge in [-0.2, -0.15) is 0 Å². The van der Waals surface area contributed by atoms with Crippen molar-refractivity contribution < 1.29 is 0 Å². The molecule has 2 nitrogen and oxygen atoms in total. The van der Waals surface area contributed by atoms with Crippen LogP contribution in [-0.4, -0.2) is 6.54 Å². The zero-order valence-corrected chi connectivity index (χ0v) is 35.5. The number of rotatable bonds is 11. The molecule has 300 valence electrons. The van der Waals surface area contributed by atoms with E-state index in [1.165, 1.54) is 60.1 Å². The van der Waals surface area contributed by atoms with Crippen molar-refractivity contribution in [3.8, 4) is 22.3 Å². The molecule has 10 aromatic carbocycles. The van der Waals surface area contributed by atoms with Crippen LogP contribution in [0.4, 0.5) is 28.4 Å². The van der Waals surface area contributed by atoms with Crippen molar-refractivity contribution in [2.45, 2.75) is 20.3 Å². The lowest BCUT2D eigenvalue weighted by Gasteiger charge is -2.29. The molecule has 0 aromatic heterocycles. The van der Waals surface area contributed by atoms with Crippen LogP contribution in [0.3, 0.4) is 0 Å². The molecule has 0 radical (unpaired) electrons. The van der Waals surface area contributed by atoms with E-state index in [0.29, 0.717) is 0 Å². The molecule has 0 saturated heterocycles. The van der Waals surface area contributed by atoms with Crippen molar-refractivity contribution in [2.75, 3.05) is 16.3 Å². The largest absolute Gasteiger partial charge is 0.341 e. The average molecular weight is 799 g/mol. The summed E-state index contributed by atoms with van der Waals surface area (Å²) in [5.74, 6) is 0. The lowest BCUT2D eigenvalue weighted by atomic mass is 9.81. The predicted octanol–water partition coefficient (Wildman–Crippen LogP) is 17.0. The first-order valence-electron chi connectivity index (χ1n) is 21.7. The van der Waals surface area contributed by atoms with Gasteiger partial charge >= 0.3 is 0 Å². The van der Waals surface area contributed by atoms with Crippen LogP contribution >= 0.6 is 0 Å². The second-order valence-corrected chi connectivity index (χ2v) is 15.3. The summed E-state index contributed by atoms with van der Waals surface area (Å²) in [6.07, 6.45) is 2.88. The summed E-state index contributed by atoms with van der Waals surface area (Å²) in [6.45, 7) is 9.34. The van der Waals surface area contributed by atoms with Crippen LogP contribution in [0.1, 0.15) is 25.0 Å². The third-order valence-electron chi connectivity index (χ3n) is 11.7. The minimum absolute atomic E-state index is 0.762. The van der Waals surface area contributed by atoms with Gasteiger partial charge in [-0.05, 0) is 145 Å². The molecule has 0 fully saturated rings. The fourth-order valence-corrected chi connectivity index (χ4v) is 8.95. The number of fused-ring (bicyclic) bond motifs is 3. The monoisotopic (exact) mass is 798 g/mol. The summed E-state index contributed by atoms with van der Waals surface area (Å²) >= 11 is 0. The Bertz CT molecular complexity index is 3020. The number of nitrogens with zero attached hydrogens (tertiary/aromatic N) is 2. The molecule has 0 aliphatic heterocycles. The first kappa shape index (κ1) is 39.8. The normalized spacial score (nSPS) is 10.9. The zero-order valence-electron chi connectivity index (χ0n) is 35.5. The van der Waals surface area contributed by atoms with Crippen LogP contribution < -0.4 is 9.80 Å². The van der Waals surface area contributed by atoms with Crippen LogP contribution in [0.25, 0.3) is 60.6 Å². The molecule has 10 rings (SSSR count).